The molecule has 3 rings (SSSR count). The number of aromatic hydroxyl groups is 1. The molecule has 1 aliphatic rings. The molecule has 90 valence electrons. The zero-order valence-corrected chi connectivity index (χ0v) is 10.3. The molecular formula is C14H16ClNO. The standard InChI is InChI=1S/C14H15NO.ClH/c16-14-8-7-11(13-6-3-9-15-13)10-4-1-2-5-12(10)14;/h1-2,4-5,7-8,13,15-16H,3,6,9H2;1H/t13-;/m1./s1. The van der Waals surface area contributed by atoms with Gasteiger partial charge in [0.05, 0.1) is 0 Å². The molecule has 0 radical (unpaired) electrons. The van der Waals surface area contributed by atoms with Gasteiger partial charge in [-0.25, -0.2) is 0 Å². The molecule has 1 atom stereocenters. The maximum atomic E-state index is 9.82. The first-order chi connectivity index (χ1) is 7.86. The third kappa shape index (κ3) is 2.11. The van der Waals surface area contributed by atoms with Crippen LogP contribution in [0.3, 0.4) is 0 Å². The smallest absolute Gasteiger partial charge is 0.123 e. The third-order valence-electron chi connectivity index (χ3n) is 3.37. The summed E-state index contributed by atoms with van der Waals surface area (Å²) in [7, 11) is 0. The van der Waals surface area contributed by atoms with Gasteiger partial charge in [0.2, 0.25) is 0 Å². The Bertz CT molecular complexity index is 521. The van der Waals surface area contributed by atoms with E-state index < -0.39 is 0 Å². The largest absolute Gasteiger partial charge is 0.507 e. The first-order valence-corrected chi connectivity index (χ1v) is 5.80. The Morgan fingerprint density at radius 1 is 1.06 bits per heavy atom. The second-order valence-corrected chi connectivity index (χ2v) is 4.37. The molecule has 0 amide bonds. The van der Waals surface area contributed by atoms with Crippen molar-refractivity contribution in [1.82, 2.24) is 5.32 Å². The summed E-state index contributed by atoms with van der Waals surface area (Å²) in [5.74, 6) is 0.373. The molecule has 2 aromatic carbocycles. The van der Waals surface area contributed by atoms with Crippen molar-refractivity contribution in [1.29, 1.82) is 0 Å². The topological polar surface area (TPSA) is 32.3 Å². The van der Waals surface area contributed by atoms with Crippen molar-refractivity contribution in [3.8, 4) is 5.75 Å². The molecule has 1 heterocycles. The highest BCUT2D eigenvalue weighted by Crippen LogP contribution is 2.33. The maximum absolute atomic E-state index is 9.82. The fraction of sp³-hybridized carbons (Fsp3) is 0.286. The van der Waals surface area contributed by atoms with E-state index in [1.165, 1.54) is 23.8 Å². The lowest BCUT2D eigenvalue weighted by atomic mass is 9.97. The van der Waals surface area contributed by atoms with Crippen LogP contribution in [0.25, 0.3) is 10.8 Å². The van der Waals surface area contributed by atoms with Crippen LogP contribution in [-0.2, 0) is 0 Å². The Balaban J connectivity index is 0.00000108. The Morgan fingerprint density at radius 2 is 1.82 bits per heavy atom. The van der Waals surface area contributed by atoms with Crippen LogP contribution < -0.4 is 5.32 Å². The van der Waals surface area contributed by atoms with Gasteiger partial charge < -0.3 is 10.4 Å². The molecule has 1 fully saturated rings. The number of hydrogen-bond acceptors (Lipinski definition) is 2. The van der Waals surface area contributed by atoms with Gasteiger partial charge >= 0.3 is 0 Å². The molecule has 2 nitrogen and oxygen atoms in total. The summed E-state index contributed by atoms with van der Waals surface area (Å²) < 4.78 is 0. The summed E-state index contributed by atoms with van der Waals surface area (Å²) in [5, 5.41) is 15.4. The minimum atomic E-state index is 0. The summed E-state index contributed by atoms with van der Waals surface area (Å²) in [6.45, 7) is 1.10. The molecule has 0 aliphatic carbocycles. The van der Waals surface area contributed by atoms with Crippen LogP contribution >= 0.6 is 12.4 Å². The number of fused-ring (bicyclic) bond motifs is 1. The monoisotopic (exact) mass is 249 g/mol. The number of nitrogens with one attached hydrogen (secondary N) is 1. The summed E-state index contributed by atoms with van der Waals surface area (Å²) in [5.41, 5.74) is 1.31. The molecule has 0 saturated carbocycles. The average Bonchev–Trinajstić information content (AvgIpc) is 2.83. The first kappa shape index (κ1) is 12.2. The van der Waals surface area contributed by atoms with E-state index in [0.29, 0.717) is 11.8 Å². The second-order valence-electron chi connectivity index (χ2n) is 4.37. The molecule has 17 heavy (non-hydrogen) atoms. The molecule has 3 heteroatoms. The molecule has 2 aromatic rings. The minimum Gasteiger partial charge on any atom is -0.507 e. The van der Waals surface area contributed by atoms with E-state index in [9.17, 15) is 5.11 Å². The molecule has 2 N–H and O–H groups in total. The number of hydrogen-bond donors (Lipinski definition) is 2. The van der Waals surface area contributed by atoms with Gasteiger partial charge in [0, 0.05) is 11.4 Å². The predicted octanol–water partition coefficient (Wildman–Crippen LogP) is 3.39. The Labute approximate surface area is 107 Å². The van der Waals surface area contributed by atoms with E-state index in [0.717, 1.165) is 11.9 Å². The quantitative estimate of drug-likeness (QED) is 0.812. The molecule has 1 aliphatic heterocycles. The first-order valence-electron chi connectivity index (χ1n) is 5.80. The summed E-state index contributed by atoms with van der Waals surface area (Å²) >= 11 is 0. The predicted molar refractivity (Wildman–Crippen MR) is 72.8 cm³/mol. The van der Waals surface area contributed by atoms with Crippen molar-refractivity contribution in [2.24, 2.45) is 0 Å². The van der Waals surface area contributed by atoms with Gasteiger partial charge in [-0.05, 0) is 36.4 Å². The Hall–Kier alpha value is -1.25. The lowest BCUT2D eigenvalue weighted by molar-refractivity contribution is 0.481. The van der Waals surface area contributed by atoms with Crippen molar-refractivity contribution in [2.75, 3.05) is 6.54 Å². The van der Waals surface area contributed by atoms with Gasteiger partial charge in [-0.15, -0.1) is 12.4 Å². The zero-order chi connectivity index (χ0) is 11.0. The SMILES string of the molecule is Cl.Oc1ccc([C@H]2CCCN2)c2ccccc12. The maximum Gasteiger partial charge on any atom is 0.123 e. The Morgan fingerprint density at radius 3 is 2.53 bits per heavy atom. The molecule has 0 bridgehead atoms. The number of phenolic OH excluding ortho intramolecular Hbond substituents is 1. The third-order valence-corrected chi connectivity index (χ3v) is 3.37. The van der Waals surface area contributed by atoms with E-state index in [1.54, 1.807) is 6.07 Å². The number of benzene rings is 2. The van der Waals surface area contributed by atoms with Gasteiger partial charge in [0.25, 0.3) is 0 Å². The number of halogens is 1. The Kier molecular flexibility index (Phi) is 3.55. The lowest BCUT2D eigenvalue weighted by Crippen LogP contribution is -2.13. The van der Waals surface area contributed by atoms with Crippen LogP contribution in [0.2, 0.25) is 0 Å². The van der Waals surface area contributed by atoms with Crippen molar-refractivity contribution >= 4 is 23.2 Å². The average molecular weight is 250 g/mol. The van der Waals surface area contributed by atoms with Crippen molar-refractivity contribution < 1.29 is 5.11 Å². The normalized spacial score (nSPS) is 19.2. The fourth-order valence-electron chi connectivity index (χ4n) is 2.56. The van der Waals surface area contributed by atoms with Crippen LogP contribution in [0.4, 0.5) is 0 Å². The molecule has 0 spiro atoms. The highest BCUT2D eigenvalue weighted by atomic mass is 35.5. The van der Waals surface area contributed by atoms with Crippen LogP contribution in [-0.4, -0.2) is 11.7 Å². The van der Waals surface area contributed by atoms with Crippen molar-refractivity contribution in [2.45, 2.75) is 18.9 Å². The highest BCUT2D eigenvalue weighted by molar-refractivity contribution is 5.91. The summed E-state index contributed by atoms with van der Waals surface area (Å²) in [6, 6.07) is 12.4. The van der Waals surface area contributed by atoms with Crippen molar-refractivity contribution in [3.63, 3.8) is 0 Å². The van der Waals surface area contributed by atoms with Crippen LogP contribution in [0.1, 0.15) is 24.4 Å². The van der Waals surface area contributed by atoms with Crippen molar-refractivity contribution in [3.05, 3.63) is 42.0 Å². The highest BCUT2D eigenvalue weighted by Gasteiger charge is 2.18. The number of rotatable bonds is 1. The van der Waals surface area contributed by atoms with Gasteiger partial charge in [0.15, 0.2) is 0 Å². The summed E-state index contributed by atoms with van der Waals surface area (Å²) in [4.78, 5) is 0. The minimum absolute atomic E-state index is 0. The lowest BCUT2D eigenvalue weighted by Gasteiger charge is -2.14. The second kappa shape index (κ2) is 4.94. The van der Waals surface area contributed by atoms with Gasteiger partial charge in [-0.1, -0.05) is 30.3 Å². The van der Waals surface area contributed by atoms with E-state index in [1.807, 2.05) is 24.3 Å². The van der Waals surface area contributed by atoms with Crippen LogP contribution in [0.15, 0.2) is 36.4 Å². The van der Waals surface area contributed by atoms with Gasteiger partial charge in [0.1, 0.15) is 5.75 Å². The molecule has 0 aromatic heterocycles. The van der Waals surface area contributed by atoms with E-state index in [-0.39, 0.29) is 12.4 Å². The van der Waals surface area contributed by atoms with Crippen LogP contribution in [0, 0.1) is 0 Å². The zero-order valence-electron chi connectivity index (χ0n) is 9.52. The summed E-state index contributed by atoms with van der Waals surface area (Å²) in [6.07, 6.45) is 2.43. The van der Waals surface area contributed by atoms with Crippen LogP contribution in [0.5, 0.6) is 5.75 Å². The molecule has 1 saturated heterocycles. The van der Waals surface area contributed by atoms with E-state index in [2.05, 4.69) is 11.4 Å². The molecular weight excluding hydrogens is 234 g/mol. The van der Waals surface area contributed by atoms with Gasteiger partial charge in [-0.3, -0.25) is 0 Å². The number of phenols is 1. The van der Waals surface area contributed by atoms with E-state index >= 15 is 0 Å². The van der Waals surface area contributed by atoms with Gasteiger partial charge in [-0.2, -0.15) is 0 Å². The van der Waals surface area contributed by atoms with E-state index in [4.69, 9.17) is 0 Å². The fourth-order valence-corrected chi connectivity index (χ4v) is 2.56. The molecule has 0 unspecified atom stereocenters.